The molecule has 0 spiro atoms. The number of amides is 1. The minimum Gasteiger partial charge on any atom is -0.349 e. The van der Waals surface area contributed by atoms with Crippen LogP contribution < -0.4 is 5.32 Å². The number of carbonyl (C=O) groups excluding carboxylic acids is 2. The van der Waals surface area contributed by atoms with Gasteiger partial charge in [0.05, 0.1) is 4.90 Å². The van der Waals surface area contributed by atoms with Crippen LogP contribution in [-0.4, -0.2) is 55.2 Å². The molecule has 2 fully saturated rings. The van der Waals surface area contributed by atoms with Crippen molar-refractivity contribution < 1.29 is 18.0 Å². The molecule has 27 heavy (non-hydrogen) atoms. The van der Waals surface area contributed by atoms with Crippen molar-refractivity contribution in [1.29, 1.82) is 0 Å². The van der Waals surface area contributed by atoms with E-state index in [1.807, 2.05) is 0 Å². The average Bonchev–Trinajstić information content (AvgIpc) is 3.03. The predicted octanol–water partition coefficient (Wildman–Crippen LogP) is 0.754. The molecule has 1 aliphatic carbocycles. The third kappa shape index (κ3) is 2.47. The zero-order valence-corrected chi connectivity index (χ0v) is 15.6. The molecule has 8 heteroatoms. The Morgan fingerprint density at radius 3 is 2.67 bits per heavy atom. The first-order chi connectivity index (χ1) is 12.9. The van der Waals surface area contributed by atoms with Crippen LogP contribution in [0.4, 0.5) is 0 Å². The number of nitrogens with one attached hydrogen (secondary N) is 1. The number of Topliss-reactive ketones (excluding diaryl/α,β-unsaturated/α-hetero) is 1. The van der Waals surface area contributed by atoms with Gasteiger partial charge in [0, 0.05) is 37.3 Å². The number of hydrogen-bond donors (Lipinski definition) is 1. The highest BCUT2D eigenvalue weighted by Gasteiger charge is 2.55. The monoisotopic (exact) mass is 385 g/mol. The van der Waals surface area contributed by atoms with Gasteiger partial charge in [-0.15, -0.1) is 0 Å². The molecular weight excluding hydrogens is 366 g/mol. The Hall–Kier alpha value is -2.45. The lowest BCUT2D eigenvalue weighted by molar-refractivity contribution is 0.0941. The first-order valence-electron chi connectivity index (χ1n) is 8.95. The summed E-state index contributed by atoms with van der Waals surface area (Å²) in [4.78, 5) is 27.4. The number of likely N-dealkylation sites (tertiary alicyclic amines) is 1. The van der Waals surface area contributed by atoms with E-state index in [2.05, 4.69) is 17.3 Å². The highest BCUT2D eigenvalue weighted by molar-refractivity contribution is 7.90. The summed E-state index contributed by atoms with van der Waals surface area (Å²) >= 11 is 0. The maximum Gasteiger partial charge on any atom is 0.268 e. The van der Waals surface area contributed by atoms with Crippen molar-refractivity contribution in [3.63, 3.8) is 0 Å². The highest BCUT2D eigenvalue weighted by Crippen LogP contribution is 2.45. The largest absolute Gasteiger partial charge is 0.349 e. The van der Waals surface area contributed by atoms with E-state index in [0.717, 1.165) is 17.1 Å². The summed E-state index contributed by atoms with van der Waals surface area (Å²) in [6.07, 6.45) is 1.33. The highest BCUT2D eigenvalue weighted by atomic mass is 32.2. The van der Waals surface area contributed by atoms with E-state index in [1.165, 1.54) is 30.5 Å². The Labute approximate surface area is 157 Å². The van der Waals surface area contributed by atoms with Crippen molar-refractivity contribution in [2.24, 2.45) is 11.8 Å². The fourth-order valence-corrected chi connectivity index (χ4v) is 6.02. The lowest BCUT2D eigenvalue weighted by Gasteiger charge is -2.14. The molecule has 3 aliphatic rings. The van der Waals surface area contributed by atoms with Gasteiger partial charge in [0.25, 0.3) is 15.9 Å². The van der Waals surface area contributed by atoms with Gasteiger partial charge in [0.1, 0.15) is 5.69 Å². The van der Waals surface area contributed by atoms with Crippen LogP contribution in [0.15, 0.2) is 41.4 Å². The first-order valence-corrected chi connectivity index (χ1v) is 10.4. The maximum atomic E-state index is 12.9. The van der Waals surface area contributed by atoms with Gasteiger partial charge in [0.2, 0.25) is 0 Å². The molecule has 2 unspecified atom stereocenters. The van der Waals surface area contributed by atoms with E-state index in [0.29, 0.717) is 23.0 Å². The van der Waals surface area contributed by atoms with Crippen LogP contribution in [0.5, 0.6) is 0 Å². The first kappa shape index (κ1) is 16.7. The Balaban J connectivity index is 1.44. The summed E-state index contributed by atoms with van der Waals surface area (Å²) in [7, 11) is -1.77. The number of benzene rings is 1. The van der Waals surface area contributed by atoms with Gasteiger partial charge in [0.15, 0.2) is 5.78 Å². The van der Waals surface area contributed by atoms with Crippen LogP contribution in [0, 0.1) is 11.8 Å². The summed E-state index contributed by atoms with van der Waals surface area (Å²) in [6, 6.07) is 7.73. The third-order valence-electron chi connectivity index (χ3n) is 5.88. The Bertz CT molecular complexity index is 1080. The van der Waals surface area contributed by atoms with E-state index in [-0.39, 0.29) is 34.7 Å². The normalized spacial score (nSPS) is 28.0. The lowest BCUT2D eigenvalue weighted by Crippen LogP contribution is -2.33. The molecule has 5 rings (SSSR count). The number of piperidine rings is 1. The second-order valence-electron chi connectivity index (χ2n) is 7.66. The van der Waals surface area contributed by atoms with Crippen LogP contribution in [0.25, 0.3) is 0 Å². The Morgan fingerprint density at radius 2 is 1.93 bits per heavy atom. The standard InChI is InChI=1S/C19H19N3O4S/c1-21-9-13-14(10-21)18(13)20-19(24)11-4-5-17-12(7-11)8-16(23)15-3-2-6-22(15)27(17,25)26/h2-7,13-14,18H,8-10H2,1H3,(H,20,24). The van der Waals surface area contributed by atoms with Crippen LogP contribution in [0.1, 0.15) is 26.4 Å². The molecule has 1 aromatic heterocycles. The molecule has 7 nitrogen and oxygen atoms in total. The summed E-state index contributed by atoms with van der Waals surface area (Å²) in [6.45, 7) is 1.98. The van der Waals surface area contributed by atoms with Gasteiger partial charge in [-0.3, -0.25) is 9.59 Å². The molecule has 1 N–H and O–H groups in total. The van der Waals surface area contributed by atoms with Crippen LogP contribution in [0.2, 0.25) is 0 Å². The number of ketones is 1. The van der Waals surface area contributed by atoms with E-state index in [1.54, 1.807) is 6.07 Å². The SMILES string of the molecule is CN1CC2C(C1)C2NC(=O)c1ccc2c(c1)CC(=O)c1cccn1S2(=O)=O. The van der Waals surface area contributed by atoms with Crippen LogP contribution in [0.3, 0.4) is 0 Å². The Kier molecular flexibility index (Phi) is 3.42. The van der Waals surface area contributed by atoms with Gasteiger partial charge < -0.3 is 10.2 Å². The van der Waals surface area contributed by atoms with Gasteiger partial charge >= 0.3 is 0 Å². The molecule has 1 saturated heterocycles. The zero-order valence-electron chi connectivity index (χ0n) is 14.8. The summed E-state index contributed by atoms with van der Waals surface area (Å²) in [5.41, 5.74) is 0.904. The number of fused-ring (bicyclic) bond motifs is 3. The van der Waals surface area contributed by atoms with Gasteiger partial charge in [-0.1, -0.05) is 0 Å². The lowest BCUT2D eigenvalue weighted by atomic mass is 10.0. The quantitative estimate of drug-likeness (QED) is 0.824. The van der Waals surface area contributed by atoms with Crippen molar-refractivity contribution in [3.05, 3.63) is 53.3 Å². The number of hydrogen-bond acceptors (Lipinski definition) is 5. The maximum absolute atomic E-state index is 12.9. The average molecular weight is 385 g/mol. The third-order valence-corrected chi connectivity index (χ3v) is 7.67. The second kappa shape index (κ2) is 5.53. The van der Waals surface area contributed by atoms with E-state index in [9.17, 15) is 18.0 Å². The molecule has 1 saturated carbocycles. The minimum absolute atomic E-state index is 0.0425. The number of rotatable bonds is 2. The fraction of sp³-hybridized carbons (Fsp3) is 0.368. The van der Waals surface area contributed by atoms with Crippen molar-refractivity contribution in [3.8, 4) is 0 Å². The fourth-order valence-electron chi connectivity index (χ4n) is 4.46. The van der Waals surface area contributed by atoms with Crippen LogP contribution >= 0.6 is 0 Å². The van der Waals surface area contributed by atoms with Crippen molar-refractivity contribution in [2.75, 3.05) is 20.1 Å². The van der Waals surface area contributed by atoms with Gasteiger partial charge in [-0.2, -0.15) is 0 Å². The van der Waals surface area contributed by atoms with Crippen LogP contribution in [-0.2, 0) is 16.4 Å². The van der Waals surface area contributed by atoms with Gasteiger partial charge in [-0.05, 0) is 54.8 Å². The molecular formula is C19H19N3O4S. The summed E-state index contributed by atoms with van der Waals surface area (Å²) in [5.74, 6) is 0.522. The zero-order chi connectivity index (χ0) is 18.9. The molecule has 1 aromatic carbocycles. The van der Waals surface area contributed by atoms with Gasteiger partial charge in [-0.25, -0.2) is 12.4 Å². The van der Waals surface area contributed by atoms with E-state index >= 15 is 0 Å². The molecule has 2 aromatic rings. The number of aromatic nitrogens is 1. The molecule has 0 bridgehead atoms. The molecule has 1 amide bonds. The summed E-state index contributed by atoms with van der Waals surface area (Å²) in [5, 5.41) is 3.05. The molecule has 140 valence electrons. The van der Waals surface area contributed by atoms with E-state index in [4.69, 9.17) is 0 Å². The minimum atomic E-state index is -3.84. The predicted molar refractivity (Wildman–Crippen MR) is 97.2 cm³/mol. The van der Waals surface area contributed by atoms with Crippen molar-refractivity contribution in [1.82, 2.24) is 14.2 Å². The number of nitrogens with zero attached hydrogens (tertiary/aromatic N) is 2. The topological polar surface area (TPSA) is 88.5 Å². The van der Waals surface area contributed by atoms with Crippen molar-refractivity contribution >= 4 is 21.7 Å². The number of carbonyl (C=O) groups is 2. The molecule has 2 aliphatic heterocycles. The summed E-state index contributed by atoms with van der Waals surface area (Å²) < 4.78 is 26.7. The molecule has 3 heterocycles. The smallest absolute Gasteiger partial charge is 0.268 e. The molecule has 2 atom stereocenters. The van der Waals surface area contributed by atoms with Crippen molar-refractivity contribution in [2.45, 2.75) is 17.4 Å². The second-order valence-corrected chi connectivity index (χ2v) is 9.45. The van der Waals surface area contributed by atoms with E-state index < -0.39 is 10.0 Å². The molecule has 0 radical (unpaired) electrons. The Morgan fingerprint density at radius 1 is 1.19 bits per heavy atom.